The van der Waals surface area contributed by atoms with Crippen LogP contribution in [0, 0.1) is 11.6 Å². The number of hydrogen-bond acceptors (Lipinski definition) is 3. The molecule has 0 aliphatic carbocycles. The number of halogens is 2. The zero-order valence-corrected chi connectivity index (χ0v) is 11.4. The molecule has 1 aliphatic rings. The summed E-state index contributed by atoms with van der Waals surface area (Å²) in [5, 5.41) is 2.54. The lowest BCUT2D eigenvalue weighted by atomic mass is 10.1. The number of ether oxygens (including phenoxy) is 1. The molecule has 0 spiro atoms. The highest BCUT2D eigenvalue weighted by molar-refractivity contribution is 5.67. The molecule has 0 atom stereocenters. The number of amides is 1. The fourth-order valence-electron chi connectivity index (χ4n) is 2.12. The lowest BCUT2D eigenvalue weighted by Crippen LogP contribution is -2.37. The van der Waals surface area contributed by atoms with Crippen molar-refractivity contribution in [3.8, 4) is 0 Å². The van der Waals surface area contributed by atoms with E-state index in [9.17, 15) is 13.6 Å². The number of carbonyl (C=O) groups is 1. The van der Waals surface area contributed by atoms with Gasteiger partial charge in [-0.05, 0) is 37.6 Å². The van der Waals surface area contributed by atoms with Crippen LogP contribution in [0.4, 0.5) is 13.6 Å². The van der Waals surface area contributed by atoms with Crippen LogP contribution in [0.5, 0.6) is 0 Å². The van der Waals surface area contributed by atoms with Crippen molar-refractivity contribution in [2.75, 3.05) is 20.1 Å². The highest BCUT2D eigenvalue weighted by atomic mass is 19.2. The van der Waals surface area contributed by atoms with Crippen molar-refractivity contribution in [2.45, 2.75) is 25.5 Å². The molecule has 0 unspecified atom stereocenters. The van der Waals surface area contributed by atoms with Crippen LogP contribution in [0.2, 0.25) is 0 Å². The van der Waals surface area contributed by atoms with E-state index in [0.717, 1.165) is 38.1 Å². The molecule has 0 radical (unpaired) electrons. The quantitative estimate of drug-likeness (QED) is 0.926. The summed E-state index contributed by atoms with van der Waals surface area (Å²) in [6.45, 7) is 1.92. The summed E-state index contributed by atoms with van der Waals surface area (Å²) >= 11 is 0. The summed E-state index contributed by atoms with van der Waals surface area (Å²) in [6, 6.07) is 3.52. The molecular formula is C14H18F2N2O2. The van der Waals surface area contributed by atoms with Gasteiger partial charge in [-0.1, -0.05) is 6.07 Å². The van der Waals surface area contributed by atoms with Gasteiger partial charge in [0.15, 0.2) is 11.6 Å². The van der Waals surface area contributed by atoms with E-state index < -0.39 is 17.7 Å². The van der Waals surface area contributed by atoms with Gasteiger partial charge in [-0.15, -0.1) is 0 Å². The number of nitrogens with zero attached hydrogens (tertiary/aromatic N) is 1. The fraction of sp³-hybridized carbons (Fsp3) is 0.500. The average Bonchev–Trinajstić information content (AvgIpc) is 2.43. The molecule has 1 aliphatic heterocycles. The minimum Gasteiger partial charge on any atom is -0.446 e. The maximum atomic E-state index is 13.0. The zero-order valence-electron chi connectivity index (χ0n) is 11.4. The van der Waals surface area contributed by atoms with Gasteiger partial charge in [0.05, 0.1) is 0 Å². The van der Waals surface area contributed by atoms with Crippen molar-refractivity contribution in [1.29, 1.82) is 0 Å². The second kappa shape index (κ2) is 6.65. The third-order valence-corrected chi connectivity index (χ3v) is 3.36. The molecule has 0 saturated carbocycles. The van der Waals surface area contributed by atoms with Gasteiger partial charge < -0.3 is 15.0 Å². The number of alkyl carbamates (subject to hydrolysis) is 1. The first-order valence-electron chi connectivity index (χ1n) is 6.61. The molecule has 20 heavy (non-hydrogen) atoms. The second-order valence-corrected chi connectivity index (χ2v) is 5.01. The largest absolute Gasteiger partial charge is 0.446 e. The van der Waals surface area contributed by atoms with Crippen molar-refractivity contribution in [1.82, 2.24) is 10.2 Å². The molecule has 1 N–H and O–H groups in total. The summed E-state index contributed by atoms with van der Waals surface area (Å²) in [4.78, 5) is 13.8. The first-order chi connectivity index (χ1) is 9.54. The molecule has 1 heterocycles. The van der Waals surface area contributed by atoms with Crippen LogP contribution in [-0.2, 0) is 11.3 Å². The highest BCUT2D eigenvalue weighted by Crippen LogP contribution is 2.12. The van der Waals surface area contributed by atoms with E-state index in [4.69, 9.17) is 4.74 Å². The van der Waals surface area contributed by atoms with Gasteiger partial charge in [-0.3, -0.25) is 0 Å². The molecule has 6 heteroatoms. The zero-order chi connectivity index (χ0) is 14.5. The Morgan fingerprint density at radius 1 is 1.35 bits per heavy atom. The van der Waals surface area contributed by atoms with Gasteiger partial charge in [0.1, 0.15) is 6.10 Å². The minimum atomic E-state index is -0.923. The second-order valence-electron chi connectivity index (χ2n) is 5.01. The molecular weight excluding hydrogens is 266 g/mol. The van der Waals surface area contributed by atoms with Crippen molar-refractivity contribution >= 4 is 6.09 Å². The average molecular weight is 284 g/mol. The van der Waals surface area contributed by atoms with Crippen LogP contribution in [0.25, 0.3) is 0 Å². The van der Waals surface area contributed by atoms with Crippen LogP contribution >= 0.6 is 0 Å². The fourth-order valence-corrected chi connectivity index (χ4v) is 2.12. The Labute approximate surface area is 116 Å². The normalized spacial score (nSPS) is 16.9. The van der Waals surface area contributed by atoms with Crippen molar-refractivity contribution in [3.05, 3.63) is 35.4 Å². The van der Waals surface area contributed by atoms with E-state index in [1.54, 1.807) is 0 Å². The number of piperidine rings is 1. The maximum absolute atomic E-state index is 13.0. The monoisotopic (exact) mass is 284 g/mol. The highest BCUT2D eigenvalue weighted by Gasteiger charge is 2.20. The molecule has 2 rings (SSSR count). The van der Waals surface area contributed by atoms with Crippen LogP contribution in [0.1, 0.15) is 18.4 Å². The summed E-state index contributed by atoms with van der Waals surface area (Å²) < 4.78 is 31.0. The number of hydrogen-bond donors (Lipinski definition) is 1. The molecule has 1 fully saturated rings. The number of nitrogens with one attached hydrogen (secondary N) is 1. The number of likely N-dealkylation sites (tertiary alicyclic amines) is 1. The maximum Gasteiger partial charge on any atom is 0.407 e. The smallest absolute Gasteiger partial charge is 0.407 e. The predicted molar refractivity (Wildman–Crippen MR) is 70.2 cm³/mol. The van der Waals surface area contributed by atoms with E-state index in [-0.39, 0.29) is 12.6 Å². The van der Waals surface area contributed by atoms with E-state index >= 15 is 0 Å². The third-order valence-electron chi connectivity index (χ3n) is 3.36. The van der Waals surface area contributed by atoms with Crippen molar-refractivity contribution in [3.63, 3.8) is 0 Å². The molecule has 0 aromatic heterocycles. The molecule has 4 nitrogen and oxygen atoms in total. The van der Waals surface area contributed by atoms with Gasteiger partial charge in [0.25, 0.3) is 0 Å². The Morgan fingerprint density at radius 2 is 2.05 bits per heavy atom. The molecule has 1 saturated heterocycles. The summed E-state index contributed by atoms with van der Waals surface area (Å²) in [5.74, 6) is -1.82. The van der Waals surface area contributed by atoms with Crippen LogP contribution in [0.15, 0.2) is 18.2 Å². The molecule has 110 valence electrons. The Bertz CT molecular complexity index is 474. The number of benzene rings is 1. The minimum absolute atomic E-state index is 0.0730. The Kier molecular flexibility index (Phi) is 4.89. The van der Waals surface area contributed by atoms with Crippen molar-refractivity contribution in [2.24, 2.45) is 0 Å². The Balaban J connectivity index is 1.76. The lowest BCUT2D eigenvalue weighted by Gasteiger charge is -2.28. The van der Waals surface area contributed by atoms with E-state index in [2.05, 4.69) is 10.2 Å². The Morgan fingerprint density at radius 3 is 2.70 bits per heavy atom. The first-order valence-corrected chi connectivity index (χ1v) is 6.61. The van der Waals surface area contributed by atoms with E-state index in [1.807, 2.05) is 7.05 Å². The summed E-state index contributed by atoms with van der Waals surface area (Å²) in [7, 11) is 2.03. The van der Waals surface area contributed by atoms with Gasteiger partial charge >= 0.3 is 6.09 Å². The molecule has 1 aromatic carbocycles. The van der Waals surface area contributed by atoms with E-state index in [0.29, 0.717) is 5.56 Å². The summed E-state index contributed by atoms with van der Waals surface area (Å²) in [6.07, 6.45) is 1.03. The molecule has 1 aromatic rings. The van der Waals surface area contributed by atoms with Gasteiger partial charge in [-0.2, -0.15) is 0 Å². The molecule has 0 bridgehead atoms. The van der Waals surface area contributed by atoms with Gasteiger partial charge in [0, 0.05) is 19.6 Å². The van der Waals surface area contributed by atoms with Gasteiger partial charge in [0.2, 0.25) is 0 Å². The van der Waals surface area contributed by atoms with Gasteiger partial charge in [-0.25, -0.2) is 13.6 Å². The standard InChI is InChI=1S/C14H18F2N2O2/c1-18-6-4-11(5-7-18)20-14(19)17-9-10-2-3-12(15)13(16)8-10/h2-3,8,11H,4-7,9H2,1H3,(H,17,19). The van der Waals surface area contributed by atoms with Crippen LogP contribution in [-0.4, -0.2) is 37.2 Å². The van der Waals surface area contributed by atoms with Crippen LogP contribution < -0.4 is 5.32 Å². The topological polar surface area (TPSA) is 41.6 Å². The SMILES string of the molecule is CN1CCC(OC(=O)NCc2ccc(F)c(F)c2)CC1. The number of rotatable bonds is 3. The predicted octanol–water partition coefficient (Wildman–Crippen LogP) is 2.29. The van der Waals surface area contributed by atoms with E-state index in [1.165, 1.54) is 6.07 Å². The van der Waals surface area contributed by atoms with Crippen molar-refractivity contribution < 1.29 is 18.3 Å². The Hall–Kier alpha value is -1.69. The third kappa shape index (κ3) is 4.16. The first kappa shape index (κ1) is 14.7. The lowest BCUT2D eigenvalue weighted by molar-refractivity contribution is 0.0569. The molecule has 1 amide bonds. The van der Waals surface area contributed by atoms with Crippen LogP contribution in [0.3, 0.4) is 0 Å². The summed E-state index contributed by atoms with van der Waals surface area (Å²) in [5.41, 5.74) is 0.490. The number of carbonyl (C=O) groups excluding carboxylic acids is 1.